The second-order valence-corrected chi connectivity index (χ2v) is 5.20. The number of rotatable bonds is 2. The van der Waals surface area contributed by atoms with Crippen LogP contribution >= 0.6 is 0 Å². The number of phenols is 1. The number of ether oxygens (including phenoxy) is 1. The van der Waals surface area contributed by atoms with Crippen LogP contribution in [0.4, 0.5) is 0 Å². The zero-order valence-electron chi connectivity index (χ0n) is 12.0. The summed E-state index contributed by atoms with van der Waals surface area (Å²) in [4.78, 5) is 0. The van der Waals surface area contributed by atoms with Crippen molar-refractivity contribution < 1.29 is 14.3 Å². The molecular weight excluding hydrogens is 276 g/mol. The molecule has 0 unspecified atom stereocenters. The van der Waals surface area contributed by atoms with Crippen molar-refractivity contribution in [3.63, 3.8) is 0 Å². The highest BCUT2D eigenvalue weighted by Gasteiger charge is 2.12. The van der Waals surface area contributed by atoms with Crippen molar-refractivity contribution >= 4 is 21.9 Å². The van der Waals surface area contributed by atoms with Gasteiger partial charge in [-0.15, -0.1) is 0 Å². The van der Waals surface area contributed by atoms with E-state index in [2.05, 4.69) is 0 Å². The van der Waals surface area contributed by atoms with E-state index in [0.29, 0.717) is 5.58 Å². The zero-order chi connectivity index (χ0) is 15.1. The molecule has 4 aromatic rings. The fraction of sp³-hybridized carbons (Fsp3) is 0.0526. The first-order valence-electron chi connectivity index (χ1n) is 7.05. The number of methoxy groups -OCH3 is 1. The molecule has 108 valence electrons. The van der Waals surface area contributed by atoms with Crippen molar-refractivity contribution in [2.75, 3.05) is 7.11 Å². The molecule has 4 rings (SSSR count). The van der Waals surface area contributed by atoms with Crippen LogP contribution < -0.4 is 4.74 Å². The Morgan fingerprint density at radius 3 is 2.41 bits per heavy atom. The van der Waals surface area contributed by atoms with Crippen LogP contribution in [0, 0.1) is 0 Å². The molecule has 0 aliphatic heterocycles. The standard InChI is InChI=1S/C19H14O3/c1-21-14-8-6-12(7-9-14)13-10-16(20)19-15-4-2-3-5-17(15)22-18(19)11-13/h2-11,20H,1H3. The predicted molar refractivity (Wildman–Crippen MR) is 87.4 cm³/mol. The summed E-state index contributed by atoms with van der Waals surface area (Å²) in [6.07, 6.45) is 0. The molecule has 0 amide bonds. The van der Waals surface area contributed by atoms with Crippen LogP contribution in [0.25, 0.3) is 33.1 Å². The molecule has 3 nitrogen and oxygen atoms in total. The molecule has 0 radical (unpaired) electrons. The third-order valence-corrected chi connectivity index (χ3v) is 3.88. The molecular formula is C19H14O3. The largest absolute Gasteiger partial charge is 0.507 e. The van der Waals surface area contributed by atoms with Gasteiger partial charge in [-0.1, -0.05) is 30.3 Å². The third kappa shape index (κ3) is 1.91. The Morgan fingerprint density at radius 2 is 1.64 bits per heavy atom. The lowest BCUT2D eigenvalue weighted by Gasteiger charge is -2.05. The van der Waals surface area contributed by atoms with E-state index in [9.17, 15) is 5.11 Å². The van der Waals surface area contributed by atoms with Crippen LogP contribution in [0.5, 0.6) is 11.5 Å². The van der Waals surface area contributed by atoms with E-state index in [0.717, 1.165) is 33.2 Å². The van der Waals surface area contributed by atoms with Crippen LogP contribution in [-0.4, -0.2) is 12.2 Å². The monoisotopic (exact) mass is 290 g/mol. The minimum atomic E-state index is 0.230. The van der Waals surface area contributed by atoms with Crippen LogP contribution in [-0.2, 0) is 0 Å². The van der Waals surface area contributed by atoms with E-state index in [1.165, 1.54) is 0 Å². The Labute approximate surface area is 127 Å². The number of phenolic OH excluding ortho intramolecular Hbond substituents is 1. The molecule has 0 saturated carbocycles. The molecule has 1 N–H and O–H groups in total. The molecule has 0 spiro atoms. The first-order chi connectivity index (χ1) is 10.8. The van der Waals surface area contributed by atoms with Gasteiger partial charge in [0.15, 0.2) is 0 Å². The maximum atomic E-state index is 10.4. The van der Waals surface area contributed by atoms with Crippen molar-refractivity contribution in [3.8, 4) is 22.6 Å². The maximum Gasteiger partial charge on any atom is 0.139 e. The summed E-state index contributed by atoms with van der Waals surface area (Å²) in [5.41, 5.74) is 3.37. The van der Waals surface area contributed by atoms with Crippen molar-refractivity contribution in [2.45, 2.75) is 0 Å². The first kappa shape index (κ1) is 12.8. The predicted octanol–water partition coefficient (Wildman–Crippen LogP) is 4.97. The van der Waals surface area contributed by atoms with Crippen LogP contribution in [0.3, 0.4) is 0 Å². The summed E-state index contributed by atoms with van der Waals surface area (Å²) in [5, 5.41) is 12.1. The number of hydrogen-bond acceptors (Lipinski definition) is 3. The normalized spacial score (nSPS) is 11.1. The van der Waals surface area contributed by atoms with Gasteiger partial charge in [-0.25, -0.2) is 0 Å². The highest BCUT2D eigenvalue weighted by molar-refractivity contribution is 6.09. The summed E-state index contributed by atoms with van der Waals surface area (Å²) >= 11 is 0. The Morgan fingerprint density at radius 1 is 0.864 bits per heavy atom. The molecule has 3 aromatic carbocycles. The topological polar surface area (TPSA) is 42.6 Å². The summed E-state index contributed by atoms with van der Waals surface area (Å²) in [5.74, 6) is 1.03. The molecule has 22 heavy (non-hydrogen) atoms. The summed E-state index contributed by atoms with van der Waals surface area (Å²) in [6, 6.07) is 19.2. The number of fused-ring (bicyclic) bond motifs is 3. The Bertz CT molecular complexity index is 965. The van der Waals surface area contributed by atoms with Crippen LogP contribution in [0.15, 0.2) is 65.1 Å². The quantitative estimate of drug-likeness (QED) is 0.567. The minimum Gasteiger partial charge on any atom is -0.507 e. The number of furan rings is 1. The average molecular weight is 290 g/mol. The number of para-hydroxylation sites is 1. The van der Waals surface area contributed by atoms with Gasteiger partial charge in [0.2, 0.25) is 0 Å². The van der Waals surface area contributed by atoms with Gasteiger partial charge in [0.1, 0.15) is 22.7 Å². The third-order valence-electron chi connectivity index (χ3n) is 3.88. The summed E-state index contributed by atoms with van der Waals surface area (Å²) in [7, 11) is 1.64. The van der Waals surface area contributed by atoms with E-state index in [-0.39, 0.29) is 5.75 Å². The van der Waals surface area contributed by atoms with Gasteiger partial charge >= 0.3 is 0 Å². The Balaban J connectivity index is 1.94. The van der Waals surface area contributed by atoms with Gasteiger partial charge in [0.05, 0.1) is 12.5 Å². The molecule has 1 heterocycles. The Kier molecular flexibility index (Phi) is 2.79. The van der Waals surface area contributed by atoms with Gasteiger partial charge in [0.25, 0.3) is 0 Å². The summed E-state index contributed by atoms with van der Waals surface area (Å²) in [6.45, 7) is 0. The van der Waals surface area contributed by atoms with Crippen molar-refractivity contribution in [2.24, 2.45) is 0 Å². The van der Waals surface area contributed by atoms with E-state index < -0.39 is 0 Å². The second-order valence-electron chi connectivity index (χ2n) is 5.20. The van der Waals surface area contributed by atoms with Crippen molar-refractivity contribution in [1.82, 2.24) is 0 Å². The molecule has 0 atom stereocenters. The van der Waals surface area contributed by atoms with Crippen molar-refractivity contribution in [1.29, 1.82) is 0 Å². The van der Waals surface area contributed by atoms with E-state index >= 15 is 0 Å². The first-order valence-corrected chi connectivity index (χ1v) is 7.05. The average Bonchev–Trinajstić information content (AvgIpc) is 2.93. The molecule has 0 bridgehead atoms. The highest BCUT2D eigenvalue weighted by Crippen LogP contribution is 2.38. The number of hydrogen-bond donors (Lipinski definition) is 1. The lowest BCUT2D eigenvalue weighted by atomic mass is 10.0. The van der Waals surface area contributed by atoms with Crippen LogP contribution in [0.2, 0.25) is 0 Å². The lowest BCUT2D eigenvalue weighted by Crippen LogP contribution is -1.83. The zero-order valence-corrected chi connectivity index (χ0v) is 12.0. The molecule has 0 aliphatic carbocycles. The van der Waals surface area contributed by atoms with Gasteiger partial charge in [-0.2, -0.15) is 0 Å². The molecule has 3 heteroatoms. The van der Waals surface area contributed by atoms with Crippen LogP contribution in [0.1, 0.15) is 0 Å². The minimum absolute atomic E-state index is 0.230. The highest BCUT2D eigenvalue weighted by atomic mass is 16.5. The fourth-order valence-electron chi connectivity index (χ4n) is 2.78. The fourth-order valence-corrected chi connectivity index (χ4v) is 2.78. The maximum absolute atomic E-state index is 10.4. The number of benzene rings is 3. The number of aromatic hydroxyl groups is 1. The van der Waals surface area contributed by atoms with E-state index in [4.69, 9.17) is 9.15 Å². The van der Waals surface area contributed by atoms with E-state index in [1.807, 2.05) is 54.6 Å². The lowest BCUT2D eigenvalue weighted by molar-refractivity contribution is 0.415. The van der Waals surface area contributed by atoms with Gasteiger partial charge in [-0.3, -0.25) is 0 Å². The van der Waals surface area contributed by atoms with Gasteiger partial charge < -0.3 is 14.3 Å². The smallest absolute Gasteiger partial charge is 0.139 e. The van der Waals surface area contributed by atoms with Gasteiger partial charge in [0, 0.05) is 5.39 Å². The Hall–Kier alpha value is -2.94. The summed E-state index contributed by atoms with van der Waals surface area (Å²) < 4.78 is 11.0. The molecule has 1 aromatic heterocycles. The second kappa shape index (κ2) is 4.81. The van der Waals surface area contributed by atoms with Crippen molar-refractivity contribution in [3.05, 3.63) is 60.7 Å². The molecule has 0 aliphatic rings. The SMILES string of the molecule is COc1ccc(-c2cc(O)c3c(c2)oc2ccccc23)cc1. The molecule has 0 saturated heterocycles. The van der Waals surface area contributed by atoms with Gasteiger partial charge in [-0.05, 0) is 41.5 Å². The molecule has 0 fully saturated rings. The van der Waals surface area contributed by atoms with E-state index in [1.54, 1.807) is 13.2 Å².